The summed E-state index contributed by atoms with van der Waals surface area (Å²) in [7, 11) is 5.53. The third-order valence-electron chi connectivity index (χ3n) is 10.1. The molecular weight excluding hydrogens is 691 g/mol. The molecule has 0 aromatic heterocycles. The van der Waals surface area contributed by atoms with Gasteiger partial charge in [-0.25, -0.2) is 4.79 Å². The number of hydrogen-bond acceptors (Lipinski definition) is 6. The molecular formula is C47H86NO7+. The number of likely N-dealkylation sites (N-methyl/N-ethyl adjacent to an activating group) is 1. The first-order chi connectivity index (χ1) is 26.6. The summed E-state index contributed by atoms with van der Waals surface area (Å²) in [5.41, 5.74) is 0. The van der Waals surface area contributed by atoms with E-state index >= 15 is 0 Å². The molecule has 0 fully saturated rings. The molecule has 2 atom stereocenters. The molecule has 0 amide bonds. The maximum atomic E-state index is 12.7. The van der Waals surface area contributed by atoms with Crippen LogP contribution in [-0.4, -0.2) is 80.6 Å². The second-order valence-electron chi connectivity index (χ2n) is 16.3. The third-order valence-corrected chi connectivity index (χ3v) is 10.1. The lowest BCUT2D eigenvalue weighted by Gasteiger charge is -2.31. The fourth-order valence-electron chi connectivity index (χ4n) is 6.58. The van der Waals surface area contributed by atoms with Crippen LogP contribution < -0.4 is 0 Å². The fraction of sp³-hybridized carbons (Fsp3) is 0.809. The van der Waals surface area contributed by atoms with E-state index in [9.17, 15) is 19.5 Å². The summed E-state index contributed by atoms with van der Waals surface area (Å²) < 4.78 is 17.3. The molecule has 320 valence electrons. The molecule has 2 unspecified atom stereocenters. The van der Waals surface area contributed by atoms with E-state index in [0.717, 1.165) is 57.8 Å². The van der Waals surface area contributed by atoms with E-state index in [0.29, 0.717) is 19.3 Å². The molecule has 0 aliphatic heterocycles. The molecule has 0 saturated carbocycles. The Labute approximate surface area is 338 Å². The summed E-state index contributed by atoms with van der Waals surface area (Å²) in [6.45, 7) is 4.62. The number of unbranched alkanes of at least 4 members (excludes halogenated alkanes) is 20. The first-order valence-corrected chi connectivity index (χ1v) is 22.5. The molecule has 0 heterocycles. The molecule has 1 N–H and O–H groups in total. The number of quaternary nitrogens is 1. The highest BCUT2D eigenvalue weighted by Gasteiger charge is 2.31. The lowest BCUT2D eigenvalue weighted by atomic mass is 10.0. The maximum Gasteiger partial charge on any atom is 0.362 e. The molecule has 0 radical (unpaired) electrons. The van der Waals surface area contributed by atoms with Gasteiger partial charge in [-0.3, -0.25) is 9.59 Å². The number of nitrogens with zero attached hydrogens (tertiary/aromatic N) is 1. The van der Waals surface area contributed by atoms with Gasteiger partial charge < -0.3 is 23.8 Å². The van der Waals surface area contributed by atoms with Gasteiger partial charge in [0.2, 0.25) is 0 Å². The number of carbonyl (C=O) groups is 3. The summed E-state index contributed by atoms with van der Waals surface area (Å²) in [5, 5.41) is 9.61. The minimum atomic E-state index is -0.875. The van der Waals surface area contributed by atoms with Crippen molar-refractivity contribution >= 4 is 17.9 Å². The summed E-state index contributed by atoms with van der Waals surface area (Å²) in [5.74, 6) is -1.47. The molecule has 0 spiro atoms. The number of carboxylic acids is 1. The van der Waals surface area contributed by atoms with Crippen molar-refractivity contribution in [3.8, 4) is 0 Å². The molecule has 0 aromatic rings. The predicted octanol–water partition coefficient (Wildman–Crippen LogP) is 12.2. The van der Waals surface area contributed by atoms with Crippen molar-refractivity contribution in [1.29, 1.82) is 0 Å². The van der Waals surface area contributed by atoms with Crippen LogP contribution in [0.2, 0.25) is 0 Å². The number of carbonyl (C=O) groups excluding carboxylic acids is 2. The Hall–Kier alpha value is -2.45. The number of allylic oxidation sites excluding steroid dienone is 6. The van der Waals surface area contributed by atoms with Crippen LogP contribution in [0.4, 0.5) is 0 Å². The first-order valence-electron chi connectivity index (χ1n) is 22.5. The van der Waals surface area contributed by atoms with Gasteiger partial charge in [0.05, 0.1) is 34.4 Å². The Morgan fingerprint density at radius 1 is 0.564 bits per heavy atom. The SMILES string of the molecule is CC/C=C/C/C=C/C/C=C/CCCCCCCCCCCCCC(=O)OC(COCCC(C(=O)O)[N+](C)(C)C)COC(=O)CCCCCCCCCCCC. The van der Waals surface area contributed by atoms with Gasteiger partial charge in [0.1, 0.15) is 6.61 Å². The Kier molecular flexibility index (Phi) is 36.7. The van der Waals surface area contributed by atoms with Crippen LogP contribution in [0.5, 0.6) is 0 Å². The number of hydrogen-bond donors (Lipinski definition) is 1. The highest BCUT2D eigenvalue weighted by atomic mass is 16.6. The van der Waals surface area contributed by atoms with E-state index in [1.165, 1.54) is 103 Å². The van der Waals surface area contributed by atoms with Crippen molar-refractivity contribution in [1.82, 2.24) is 0 Å². The molecule has 0 aromatic carbocycles. The van der Waals surface area contributed by atoms with Crippen LogP contribution in [-0.2, 0) is 28.6 Å². The van der Waals surface area contributed by atoms with Crippen LogP contribution in [0.3, 0.4) is 0 Å². The van der Waals surface area contributed by atoms with Crippen LogP contribution >= 0.6 is 0 Å². The summed E-state index contributed by atoms with van der Waals surface area (Å²) in [6, 6.07) is -0.612. The third kappa shape index (κ3) is 36.9. The topological polar surface area (TPSA) is 99.1 Å². The summed E-state index contributed by atoms with van der Waals surface area (Å²) >= 11 is 0. The fourth-order valence-corrected chi connectivity index (χ4v) is 6.58. The largest absolute Gasteiger partial charge is 0.477 e. The van der Waals surface area contributed by atoms with Crippen molar-refractivity contribution in [3.05, 3.63) is 36.5 Å². The smallest absolute Gasteiger partial charge is 0.362 e. The van der Waals surface area contributed by atoms with Crippen molar-refractivity contribution in [2.24, 2.45) is 0 Å². The highest BCUT2D eigenvalue weighted by molar-refractivity contribution is 5.72. The molecule has 0 saturated heterocycles. The Morgan fingerprint density at radius 3 is 1.51 bits per heavy atom. The highest BCUT2D eigenvalue weighted by Crippen LogP contribution is 2.15. The van der Waals surface area contributed by atoms with Crippen LogP contribution in [0, 0.1) is 0 Å². The Morgan fingerprint density at radius 2 is 1.02 bits per heavy atom. The number of carboxylic acid groups (broad SMARTS) is 1. The zero-order chi connectivity index (χ0) is 40.7. The monoisotopic (exact) mass is 777 g/mol. The zero-order valence-electron chi connectivity index (χ0n) is 36.4. The van der Waals surface area contributed by atoms with Gasteiger partial charge in [-0.15, -0.1) is 0 Å². The summed E-state index contributed by atoms with van der Waals surface area (Å²) in [6.07, 6.45) is 43.3. The van der Waals surface area contributed by atoms with E-state index in [4.69, 9.17) is 14.2 Å². The molecule has 55 heavy (non-hydrogen) atoms. The van der Waals surface area contributed by atoms with Crippen molar-refractivity contribution in [3.63, 3.8) is 0 Å². The number of rotatable bonds is 40. The van der Waals surface area contributed by atoms with Gasteiger partial charge in [-0.2, -0.15) is 0 Å². The summed E-state index contributed by atoms with van der Waals surface area (Å²) in [4.78, 5) is 36.9. The van der Waals surface area contributed by atoms with Crippen molar-refractivity contribution in [2.75, 3.05) is 41.0 Å². The molecule has 0 rings (SSSR count). The van der Waals surface area contributed by atoms with Crippen LogP contribution in [0.1, 0.15) is 194 Å². The van der Waals surface area contributed by atoms with Crippen LogP contribution in [0.25, 0.3) is 0 Å². The molecule has 0 aliphatic carbocycles. The van der Waals surface area contributed by atoms with E-state index in [1.807, 2.05) is 21.1 Å². The zero-order valence-corrected chi connectivity index (χ0v) is 36.4. The molecule has 8 heteroatoms. The van der Waals surface area contributed by atoms with E-state index in [-0.39, 0.29) is 36.2 Å². The van der Waals surface area contributed by atoms with Crippen molar-refractivity contribution in [2.45, 2.75) is 206 Å². The van der Waals surface area contributed by atoms with Gasteiger partial charge in [0.15, 0.2) is 12.1 Å². The van der Waals surface area contributed by atoms with Gasteiger partial charge in [0, 0.05) is 19.3 Å². The Balaban J connectivity index is 4.24. The number of esters is 2. The van der Waals surface area contributed by atoms with Gasteiger partial charge in [-0.1, -0.05) is 166 Å². The van der Waals surface area contributed by atoms with E-state index < -0.39 is 18.1 Å². The maximum absolute atomic E-state index is 12.7. The molecule has 0 bridgehead atoms. The van der Waals surface area contributed by atoms with E-state index in [2.05, 4.69) is 50.3 Å². The van der Waals surface area contributed by atoms with Gasteiger partial charge >= 0.3 is 17.9 Å². The molecule has 0 aliphatic rings. The first kappa shape index (κ1) is 52.6. The molecule has 8 nitrogen and oxygen atoms in total. The minimum Gasteiger partial charge on any atom is -0.477 e. The second-order valence-corrected chi connectivity index (χ2v) is 16.3. The standard InChI is InChI=1S/C47H85NO7/c1-6-8-10-12-14-16-18-19-20-21-22-23-24-25-26-27-28-30-32-34-36-38-46(50)55-43(41-53-40-39-44(47(51)52)48(3,4)5)42-54-45(49)37-35-33-31-29-17-15-13-11-9-7-2/h8,10,14,16,19-20,43-44H,6-7,9,11-13,15,17-18,21-42H2,1-5H3/p+1/b10-8+,16-14+,20-19+. The number of ether oxygens (including phenoxy) is 3. The normalized spacial score (nSPS) is 13.3. The lowest BCUT2D eigenvalue weighted by molar-refractivity contribution is -0.887. The minimum absolute atomic E-state index is 0.0491. The van der Waals surface area contributed by atoms with Crippen molar-refractivity contribution < 1.29 is 38.2 Å². The quantitative estimate of drug-likeness (QED) is 0.0286. The van der Waals surface area contributed by atoms with Gasteiger partial charge in [0.25, 0.3) is 0 Å². The lowest BCUT2D eigenvalue weighted by Crippen LogP contribution is -2.50. The second kappa shape index (κ2) is 38.4. The Bertz CT molecular complexity index is 1000. The average Bonchev–Trinajstić information content (AvgIpc) is 3.14. The average molecular weight is 777 g/mol. The van der Waals surface area contributed by atoms with E-state index in [1.54, 1.807) is 0 Å². The number of aliphatic carboxylic acids is 1. The van der Waals surface area contributed by atoms with Crippen LogP contribution in [0.15, 0.2) is 36.5 Å². The predicted molar refractivity (Wildman–Crippen MR) is 229 cm³/mol. The van der Waals surface area contributed by atoms with Gasteiger partial charge in [-0.05, 0) is 44.9 Å².